The predicted molar refractivity (Wildman–Crippen MR) is 148 cm³/mol. The number of imidazole rings is 1. The molecule has 12 heteroatoms. The molecule has 214 valence electrons. The molecule has 0 radical (unpaired) electrons. The molecule has 1 amide bonds. The number of para-hydroxylation sites is 2. The van der Waals surface area contributed by atoms with Gasteiger partial charge in [-0.05, 0) is 44.0 Å². The van der Waals surface area contributed by atoms with Crippen LogP contribution in [0, 0.1) is 5.92 Å². The van der Waals surface area contributed by atoms with Crippen molar-refractivity contribution in [1.29, 1.82) is 0 Å². The third kappa shape index (κ3) is 5.60. The molecule has 3 aromatic rings. The van der Waals surface area contributed by atoms with Gasteiger partial charge in [0.2, 0.25) is 11.9 Å². The second-order valence-corrected chi connectivity index (χ2v) is 10.9. The van der Waals surface area contributed by atoms with Crippen LogP contribution in [-0.4, -0.2) is 107 Å². The Hall–Kier alpha value is -3.38. The second-order valence-electron chi connectivity index (χ2n) is 10.9. The SMILES string of the molecule is CC1CCN(CC(=O)N2CCN(c3cc(N4CCOCC4)nc(-n4c(C(F)F)nc5ccccc54)n3)CC2)CC1. The molecule has 1 aromatic carbocycles. The average molecular weight is 555 g/mol. The maximum absolute atomic E-state index is 14.2. The summed E-state index contributed by atoms with van der Waals surface area (Å²) in [4.78, 5) is 35.2. The van der Waals surface area contributed by atoms with Crippen molar-refractivity contribution in [2.75, 3.05) is 81.9 Å². The molecule has 3 aliphatic heterocycles. The van der Waals surface area contributed by atoms with E-state index in [1.165, 1.54) is 4.57 Å². The summed E-state index contributed by atoms with van der Waals surface area (Å²) in [5, 5.41) is 0. The number of piperidine rings is 1. The van der Waals surface area contributed by atoms with E-state index in [1.54, 1.807) is 24.3 Å². The number of benzene rings is 1. The van der Waals surface area contributed by atoms with E-state index < -0.39 is 6.43 Å². The van der Waals surface area contributed by atoms with Crippen LogP contribution in [-0.2, 0) is 9.53 Å². The van der Waals surface area contributed by atoms with Crippen molar-refractivity contribution in [3.63, 3.8) is 0 Å². The fourth-order valence-corrected chi connectivity index (χ4v) is 5.72. The zero-order valence-electron chi connectivity index (χ0n) is 22.9. The molecule has 0 aliphatic carbocycles. The number of likely N-dealkylation sites (tertiary alicyclic amines) is 1. The zero-order chi connectivity index (χ0) is 27.6. The van der Waals surface area contributed by atoms with Gasteiger partial charge in [-0.2, -0.15) is 9.97 Å². The van der Waals surface area contributed by atoms with Gasteiger partial charge in [0.1, 0.15) is 11.6 Å². The number of morpholine rings is 1. The van der Waals surface area contributed by atoms with Crippen molar-refractivity contribution in [2.45, 2.75) is 26.2 Å². The molecular formula is C28H36F2N8O2. The van der Waals surface area contributed by atoms with Crippen LogP contribution in [0.4, 0.5) is 20.4 Å². The summed E-state index contributed by atoms with van der Waals surface area (Å²) < 4.78 is 35.2. The van der Waals surface area contributed by atoms with Crippen molar-refractivity contribution in [3.8, 4) is 5.95 Å². The highest BCUT2D eigenvalue weighted by atomic mass is 19.3. The molecule has 0 spiro atoms. The Morgan fingerprint density at radius 2 is 1.57 bits per heavy atom. The molecule has 0 bridgehead atoms. The fourth-order valence-electron chi connectivity index (χ4n) is 5.72. The minimum absolute atomic E-state index is 0.165. The summed E-state index contributed by atoms with van der Waals surface area (Å²) in [6, 6.07) is 8.96. The summed E-state index contributed by atoms with van der Waals surface area (Å²) >= 11 is 0. The molecule has 0 atom stereocenters. The quantitative estimate of drug-likeness (QED) is 0.460. The number of amides is 1. The Labute approximate surface area is 232 Å². The van der Waals surface area contributed by atoms with Gasteiger partial charge in [-0.1, -0.05) is 19.1 Å². The second kappa shape index (κ2) is 11.6. The Kier molecular flexibility index (Phi) is 7.79. The van der Waals surface area contributed by atoms with Gasteiger partial charge in [0.25, 0.3) is 6.43 Å². The van der Waals surface area contributed by atoms with E-state index in [0.717, 1.165) is 31.8 Å². The summed E-state index contributed by atoms with van der Waals surface area (Å²) in [7, 11) is 0. The highest BCUT2D eigenvalue weighted by Gasteiger charge is 2.28. The maximum Gasteiger partial charge on any atom is 0.296 e. The van der Waals surface area contributed by atoms with E-state index in [0.29, 0.717) is 81.7 Å². The highest BCUT2D eigenvalue weighted by molar-refractivity contribution is 5.79. The standard InChI is InChI=1S/C28H36F2N8O2/c1-20-6-8-34(9-7-20)19-25(39)37-12-10-35(11-13-37)23-18-24(36-14-16-40-17-15-36)33-28(32-23)38-22-5-3-2-4-21(22)31-27(38)26(29)30/h2-5,18,20,26H,6-17,19H2,1H3. The van der Waals surface area contributed by atoms with Crippen LogP contribution in [0.5, 0.6) is 0 Å². The Morgan fingerprint density at radius 3 is 2.25 bits per heavy atom. The minimum Gasteiger partial charge on any atom is -0.378 e. The maximum atomic E-state index is 14.2. The first-order valence-electron chi connectivity index (χ1n) is 14.2. The number of hydrogen-bond donors (Lipinski definition) is 0. The third-order valence-corrected chi connectivity index (χ3v) is 8.20. The average Bonchev–Trinajstić information content (AvgIpc) is 3.39. The van der Waals surface area contributed by atoms with Crippen LogP contribution >= 0.6 is 0 Å². The van der Waals surface area contributed by atoms with Crippen molar-refractivity contribution < 1.29 is 18.3 Å². The van der Waals surface area contributed by atoms with E-state index >= 15 is 0 Å². The van der Waals surface area contributed by atoms with Crippen molar-refractivity contribution >= 4 is 28.6 Å². The molecule has 6 rings (SSSR count). The Bertz CT molecular complexity index is 1330. The zero-order valence-corrected chi connectivity index (χ0v) is 22.9. The van der Waals surface area contributed by atoms with Gasteiger partial charge in [-0.25, -0.2) is 13.8 Å². The lowest BCUT2D eigenvalue weighted by Gasteiger charge is -2.37. The number of carbonyl (C=O) groups is 1. The molecule has 2 aromatic heterocycles. The topological polar surface area (TPSA) is 82.9 Å². The summed E-state index contributed by atoms with van der Waals surface area (Å²) in [6.07, 6.45) is -0.506. The molecular weight excluding hydrogens is 518 g/mol. The number of carbonyl (C=O) groups excluding carboxylic acids is 1. The summed E-state index contributed by atoms with van der Waals surface area (Å²) in [6.45, 7) is 9.53. The number of hydrogen-bond acceptors (Lipinski definition) is 8. The molecule has 0 N–H and O–H groups in total. The summed E-state index contributed by atoms with van der Waals surface area (Å²) in [5.74, 6) is 2.00. The Balaban J connectivity index is 1.26. The lowest BCUT2D eigenvalue weighted by atomic mass is 9.99. The molecule has 5 heterocycles. The first-order chi connectivity index (χ1) is 19.5. The lowest BCUT2D eigenvalue weighted by Crippen LogP contribution is -2.52. The molecule has 3 fully saturated rings. The van der Waals surface area contributed by atoms with E-state index in [1.807, 2.05) is 11.0 Å². The van der Waals surface area contributed by atoms with Gasteiger partial charge in [0.05, 0.1) is 30.8 Å². The van der Waals surface area contributed by atoms with Crippen molar-refractivity contribution in [1.82, 2.24) is 29.3 Å². The van der Waals surface area contributed by atoms with Crippen LogP contribution in [0.25, 0.3) is 17.0 Å². The van der Waals surface area contributed by atoms with Gasteiger partial charge in [0, 0.05) is 45.3 Å². The molecule has 3 saturated heterocycles. The smallest absolute Gasteiger partial charge is 0.296 e. The van der Waals surface area contributed by atoms with E-state index in [2.05, 4.69) is 26.6 Å². The largest absolute Gasteiger partial charge is 0.378 e. The number of rotatable bonds is 6. The van der Waals surface area contributed by atoms with Gasteiger partial charge >= 0.3 is 0 Å². The van der Waals surface area contributed by atoms with Gasteiger partial charge < -0.3 is 19.4 Å². The van der Waals surface area contributed by atoms with Crippen LogP contribution in [0.3, 0.4) is 0 Å². The van der Waals surface area contributed by atoms with Gasteiger partial charge in [-0.15, -0.1) is 0 Å². The number of aromatic nitrogens is 4. The van der Waals surface area contributed by atoms with Crippen LogP contribution in [0.2, 0.25) is 0 Å². The number of ether oxygens (including phenoxy) is 1. The first kappa shape index (κ1) is 26.8. The van der Waals surface area contributed by atoms with Crippen LogP contribution < -0.4 is 9.80 Å². The number of nitrogens with zero attached hydrogens (tertiary/aromatic N) is 8. The molecule has 10 nitrogen and oxygen atoms in total. The van der Waals surface area contributed by atoms with Crippen molar-refractivity contribution in [2.24, 2.45) is 5.92 Å². The monoisotopic (exact) mass is 554 g/mol. The molecule has 40 heavy (non-hydrogen) atoms. The minimum atomic E-state index is -2.79. The lowest BCUT2D eigenvalue weighted by molar-refractivity contribution is -0.133. The number of piperazine rings is 1. The van der Waals surface area contributed by atoms with E-state index in [-0.39, 0.29) is 17.7 Å². The Morgan fingerprint density at radius 1 is 0.925 bits per heavy atom. The first-order valence-corrected chi connectivity index (χ1v) is 14.2. The van der Waals surface area contributed by atoms with Gasteiger partial charge in [-0.3, -0.25) is 14.3 Å². The summed E-state index contributed by atoms with van der Waals surface area (Å²) in [5.41, 5.74) is 1.00. The fraction of sp³-hybridized carbons (Fsp3) is 0.571. The molecule has 0 unspecified atom stereocenters. The number of halogens is 2. The van der Waals surface area contributed by atoms with Crippen LogP contribution in [0.15, 0.2) is 30.3 Å². The number of alkyl halides is 2. The molecule has 3 aliphatic rings. The number of fused-ring (bicyclic) bond motifs is 1. The van der Waals surface area contributed by atoms with Gasteiger partial charge in [0.15, 0.2) is 5.82 Å². The predicted octanol–water partition coefficient (Wildman–Crippen LogP) is 2.97. The van der Waals surface area contributed by atoms with E-state index in [4.69, 9.17) is 14.7 Å². The number of anilines is 2. The normalized spacial score (nSPS) is 19.6. The van der Waals surface area contributed by atoms with E-state index in [9.17, 15) is 13.6 Å². The highest BCUT2D eigenvalue weighted by Crippen LogP contribution is 2.29. The third-order valence-electron chi connectivity index (χ3n) is 8.20. The van der Waals surface area contributed by atoms with Crippen molar-refractivity contribution in [3.05, 3.63) is 36.2 Å². The van der Waals surface area contributed by atoms with Crippen LogP contribution in [0.1, 0.15) is 32.0 Å². The molecule has 0 saturated carbocycles.